The molecule has 52 valence electrons. The molecule has 1 rings (SSSR count). The highest BCUT2D eigenvalue weighted by molar-refractivity contribution is 6.60. The molecule has 0 amide bonds. The van der Waals surface area contributed by atoms with Crippen molar-refractivity contribution in [3.05, 3.63) is 42.4 Å². The van der Waals surface area contributed by atoms with Gasteiger partial charge >= 0.3 is 0 Å². The van der Waals surface area contributed by atoms with E-state index in [4.69, 9.17) is 0 Å². The topological polar surface area (TPSA) is 0 Å². The van der Waals surface area contributed by atoms with Gasteiger partial charge in [0.15, 0.2) is 0 Å². The fourth-order valence-corrected chi connectivity index (χ4v) is 1.77. The van der Waals surface area contributed by atoms with E-state index in [0.29, 0.717) is 0 Å². The molecule has 0 saturated carbocycles. The molecule has 2 heteroatoms. The highest BCUT2D eigenvalue weighted by Gasteiger charge is 1.93. The maximum Gasteiger partial charge on any atom is 0.123 e. The van der Waals surface area contributed by atoms with Crippen molar-refractivity contribution in [3.8, 4) is 0 Å². The number of halogens is 1. The molecule has 0 saturated heterocycles. The molecule has 1 aromatic carbocycles. The standard InChI is InChI=1S/C8H9FSi/c1-7(9)10-8-5-3-2-4-6-8/h2-6H,1,10H2. The molecule has 0 aliphatic rings. The third-order valence-electron chi connectivity index (χ3n) is 1.24. The minimum atomic E-state index is -0.838. The van der Waals surface area contributed by atoms with Gasteiger partial charge in [-0.15, -0.1) is 0 Å². The molecule has 0 heterocycles. The largest absolute Gasteiger partial charge is 0.218 e. The van der Waals surface area contributed by atoms with Crippen molar-refractivity contribution >= 4 is 14.7 Å². The Balaban J connectivity index is 2.67. The van der Waals surface area contributed by atoms with Gasteiger partial charge in [0.2, 0.25) is 0 Å². The Morgan fingerprint density at radius 1 is 1.30 bits per heavy atom. The second-order valence-corrected chi connectivity index (χ2v) is 4.12. The summed E-state index contributed by atoms with van der Waals surface area (Å²) < 4.78 is 12.3. The lowest BCUT2D eigenvalue weighted by molar-refractivity contribution is 0.696. The first-order valence-corrected chi connectivity index (χ1v) is 4.57. The highest BCUT2D eigenvalue weighted by Crippen LogP contribution is 1.88. The van der Waals surface area contributed by atoms with E-state index in [-0.39, 0.29) is 5.45 Å². The first-order chi connectivity index (χ1) is 4.79. The molecule has 0 aromatic heterocycles. The molecule has 0 aliphatic heterocycles. The van der Waals surface area contributed by atoms with Crippen molar-refractivity contribution in [2.24, 2.45) is 0 Å². The molecule has 0 nitrogen and oxygen atoms in total. The third-order valence-corrected chi connectivity index (χ3v) is 2.50. The van der Waals surface area contributed by atoms with Crippen LogP contribution in [0.1, 0.15) is 0 Å². The molecule has 0 radical (unpaired) electrons. The quantitative estimate of drug-likeness (QED) is 0.553. The molecule has 0 fully saturated rings. The maximum atomic E-state index is 12.3. The van der Waals surface area contributed by atoms with Gasteiger partial charge in [-0.3, -0.25) is 0 Å². The summed E-state index contributed by atoms with van der Waals surface area (Å²) in [5, 5.41) is 1.11. The Morgan fingerprint density at radius 2 is 1.90 bits per heavy atom. The van der Waals surface area contributed by atoms with Gasteiger partial charge in [-0.25, -0.2) is 4.39 Å². The summed E-state index contributed by atoms with van der Waals surface area (Å²) in [6.07, 6.45) is 0. The van der Waals surface area contributed by atoms with Crippen molar-refractivity contribution < 1.29 is 4.39 Å². The Labute approximate surface area is 62.2 Å². The van der Waals surface area contributed by atoms with E-state index in [2.05, 4.69) is 6.58 Å². The summed E-state index contributed by atoms with van der Waals surface area (Å²) in [7, 11) is -0.838. The number of rotatable bonds is 2. The van der Waals surface area contributed by atoms with E-state index < -0.39 is 9.52 Å². The molecule has 10 heavy (non-hydrogen) atoms. The zero-order chi connectivity index (χ0) is 7.40. The average Bonchev–Trinajstić information content (AvgIpc) is 1.88. The van der Waals surface area contributed by atoms with Crippen LogP contribution in [0.5, 0.6) is 0 Å². The van der Waals surface area contributed by atoms with Crippen molar-refractivity contribution in [3.63, 3.8) is 0 Å². The van der Waals surface area contributed by atoms with Crippen molar-refractivity contribution in [2.75, 3.05) is 0 Å². The molecular formula is C8H9FSi. The Bertz CT molecular complexity index is 218. The molecule has 1 aromatic rings. The predicted octanol–water partition coefficient (Wildman–Crippen LogP) is 0.921. The minimum absolute atomic E-state index is 0.147. The number of benzene rings is 1. The van der Waals surface area contributed by atoms with Crippen molar-refractivity contribution in [1.29, 1.82) is 0 Å². The summed E-state index contributed by atoms with van der Waals surface area (Å²) in [5.74, 6) is 0. The molecule has 0 unspecified atom stereocenters. The van der Waals surface area contributed by atoms with E-state index in [0.717, 1.165) is 5.19 Å². The van der Waals surface area contributed by atoms with Crippen molar-refractivity contribution in [1.82, 2.24) is 0 Å². The second-order valence-electron chi connectivity index (χ2n) is 2.18. The summed E-state index contributed by atoms with van der Waals surface area (Å²) >= 11 is 0. The van der Waals surface area contributed by atoms with E-state index in [9.17, 15) is 4.39 Å². The molecule has 0 N–H and O–H groups in total. The van der Waals surface area contributed by atoms with Crippen LogP contribution in [-0.4, -0.2) is 9.52 Å². The van der Waals surface area contributed by atoms with Gasteiger partial charge in [-0.1, -0.05) is 42.1 Å². The van der Waals surface area contributed by atoms with Gasteiger partial charge in [-0.05, 0) is 0 Å². The molecular weight excluding hydrogens is 143 g/mol. The molecule has 0 bridgehead atoms. The fourth-order valence-electron chi connectivity index (χ4n) is 0.817. The van der Waals surface area contributed by atoms with Gasteiger partial charge in [0.25, 0.3) is 0 Å². The van der Waals surface area contributed by atoms with E-state index in [1.165, 1.54) is 0 Å². The Morgan fingerprint density at radius 3 is 2.40 bits per heavy atom. The van der Waals surface area contributed by atoms with E-state index >= 15 is 0 Å². The van der Waals surface area contributed by atoms with Crippen LogP contribution in [0.25, 0.3) is 0 Å². The minimum Gasteiger partial charge on any atom is -0.218 e. The van der Waals surface area contributed by atoms with Gasteiger partial charge in [0.05, 0.1) is 5.45 Å². The zero-order valence-electron chi connectivity index (χ0n) is 5.68. The maximum absolute atomic E-state index is 12.3. The van der Waals surface area contributed by atoms with Crippen LogP contribution in [0, 0.1) is 0 Å². The third kappa shape index (κ3) is 2.15. The van der Waals surface area contributed by atoms with Crippen LogP contribution in [0.3, 0.4) is 0 Å². The van der Waals surface area contributed by atoms with Gasteiger partial charge in [-0.2, -0.15) is 0 Å². The average molecular weight is 152 g/mol. The van der Waals surface area contributed by atoms with Crippen molar-refractivity contribution in [2.45, 2.75) is 0 Å². The first kappa shape index (κ1) is 7.22. The lowest BCUT2D eigenvalue weighted by Gasteiger charge is -1.93. The molecule has 0 atom stereocenters. The monoisotopic (exact) mass is 152 g/mol. The first-order valence-electron chi connectivity index (χ1n) is 3.16. The number of hydrogen-bond donors (Lipinski definition) is 0. The summed E-state index contributed by atoms with van der Waals surface area (Å²) in [4.78, 5) is 0. The SMILES string of the molecule is C=C(F)[SiH2]c1ccccc1. The van der Waals surface area contributed by atoms with Gasteiger partial charge < -0.3 is 0 Å². The lowest BCUT2D eigenvalue weighted by atomic mass is 10.4. The molecule has 0 aliphatic carbocycles. The van der Waals surface area contributed by atoms with Crippen LogP contribution >= 0.6 is 0 Å². The second kappa shape index (κ2) is 3.32. The lowest BCUT2D eigenvalue weighted by Crippen LogP contribution is -2.12. The van der Waals surface area contributed by atoms with Gasteiger partial charge in [0.1, 0.15) is 9.52 Å². The summed E-state index contributed by atoms with van der Waals surface area (Å²) in [6.45, 7) is 3.25. The molecule has 0 spiro atoms. The van der Waals surface area contributed by atoms with Crippen LogP contribution in [0.2, 0.25) is 0 Å². The fraction of sp³-hybridized carbons (Fsp3) is 0. The van der Waals surface area contributed by atoms with Crippen LogP contribution < -0.4 is 5.19 Å². The number of hydrogen-bond acceptors (Lipinski definition) is 0. The predicted molar refractivity (Wildman–Crippen MR) is 44.9 cm³/mol. The normalized spacial score (nSPS) is 10.5. The van der Waals surface area contributed by atoms with E-state index in [1.807, 2.05) is 30.3 Å². The summed E-state index contributed by atoms with van der Waals surface area (Å²) in [6, 6.07) is 9.66. The highest BCUT2D eigenvalue weighted by atomic mass is 28.2. The van der Waals surface area contributed by atoms with E-state index in [1.54, 1.807) is 0 Å². The zero-order valence-corrected chi connectivity index (χ0v) is 7.09. The van der Waals surface area contributed by atoms with Gasteiger partial charge in [0, 0.05) is 0 Å². The summed E-state index contributed by atoms with van der Waals surface area (Å²) in [5.41, 5.74) is -0.147. The smallest absolute Gasteiger partial charge is 0.123 e. The van der Waals surface area contributed by atoms with Crippen LogP contribution in [0.4, 0.5) is 4.39 Å². The Kier molecular flexibility index (Phi) is 2.40. The van der Waals surface area contributed by atoms with Crippen LogP contribution in [0.15, 0.2) is 42.4 Å². The van der Waals surface area contributed by atoms with Crippen LogP contribution in [-0.2, 0) is 0 Å². The Hall–Kier alpha value is -0.893.